The van der Waals surface area contributed by atoms with E-state index in [1.165, 1.54) is 0 Å². The van der Waals surface area contributed by atoms with Crippen LogP contribution in [0.5, 0.6) is 0 Å². The largest absolute Gasteiger partial charge is 0.544 e. The molecule has 0 radical (unpaired) electrons. The fraction of sp³-hybridized carbons (Fsp3) is 0.426. The Morgan fingerprint density at radius 1 is 0.484 bits per heavy atom. The molecule has 0 heterocycles. The predicted octanol–water partition coefficient (Wildman–Crippen LogP) is 11.2. The summed E-state index contributed by atoms with van der Waals surface area (Å²) in [7, 11) is 5.35. The lowest BCUT2D eigenvalue weighted by molar-refractivity contribution is -0.889. The molecule has 0 rings (SSSR count). The number of quaternary nitrogens is 1. The van der Waals surface area contributed by atoms with Gasteiger partial charge in [0.1, 0.15) is 12.6 Å². The molecule has 8 heteroatoms. The summed E-state index contributed by atoms with van der Waals surface area (Å²) in [6.45, 7) is 4.22. The zero-order valence-electron chi connectivity index (χ0n) is 38.4. The van der Waals surface area contributed by atoms with Crippen LogP contribution in [0.15, 0.2) is 170 Å². The number of carboxylic acids is 1. The van der Waals surface area contributed by atoms with Crippen molar-refractivity contribution in [3.63, 3.8) is 0 Å². The predicted molar refractivity (Wildman–Crippen MR) is 258 cm³/mol. The van der Waals surface area contributed by atoms with Crippen LogP contribution in [0.3, 0.4) is 0 Å². The molecule has 0 fully saturated rings. The number of carbonyl (C=O) groups is 3. The molecule has 0 saturated carbocycles. The van der Waals surface area contributed by atoms with Gasteiger partial charge in [0, 0.05) is 19.3 Å². The van der Waals surface area contributed by atoms with Crippen LogP contribution in [-0.2, 0) is 28.6 Å². The Balaban J connectivity index is 4.61. The van der Waals surface area contributed by atoms with Gasteiger partial charge < -0.3 is 28.6 Å². The molecule has 0 amide bonds. The van der Waals surface area contributed by atoms with Gasteiger partial charge in [-0.2, -0.15) is 0 Å². The topological polar surface area (TPSA) is 102 Å². The Labute approximate surface area is 375 Å². The van der Waals surface area contributed by atoms with Crippen LogP contribution in [0.25, 0.3) is 0 Å². The number of esters is 2. The highest BCUT2D eigenvalue weighted by Crippen LogP contribution is 2.11. The summed E-state index contributed by atoms with van der Waals surface area (Å²) in [6.07, 6.45) is 65.1. The van der Waals surface area contributed by atoms with E-state index >= 15 is 0 Å². The van der Waals surface area contributed by atoms with Crippen LogP contribution in [-0.4, -0.2) is 75.5 Å². The molecule has 2 atom stereocenters. The average Bonchev–Trinajstić information content (AvgIpc) is 3.23. The minimum absolute atomic E-state index is 0.00851. The summed E-state index contributed by atoms with van der Waals surface area (Å²) in [5, 5.41) is 11.6. The molecule has 0 aromatic heterocycles. The summed E-state index contributed by atoms with van der Waals surface area (Å²) in [5.41, 5.74) is 0. The summed E-state index contributed by atoms with van der Waals surface area (Å²) in [5.74, 6) is -1.89. The maximum absolute atomic E-state index is 12.7. The Morgan fingerprint density at radius 3 is 1.23 bits per heavy atom. The van der Waals surface area contributed by atoms with Gasteiger partial charge in [-0.15, -0.1) is 0 Å². The molecule has 2 unspecified atom stereocenters. The van der Waals surface area contributed by atoms with Gasteiger partial charge in [-0.05, 0) is 51.4 Å². The van der Waals surface area contributed by atoms with E-state index in [-0.39, 0.29) is 55.5 Å². The number of ether oxygens (including phenoxy) is 3. The third kappa shape index (κ3) is 40.1. The number of aliphatic carboxylic acids is 1. The first-order valence-electron chi connectivity index (χ1n) is 22.4. The van der Waals surface area contributed by atoms with Crippen molar-refractivity contribution < 1.29 is 38.2 Å². The van der Waals surface area contributed by atoms with E-state index in [2.05, 4.69) is 38.2 Å². The smallest absolute Gasteiger partial charge is 0.306 e. The second kappa shape index (κ2) is 42.4. The van der Waals surface area contributed by atoms with Crippen molar-refractivity contribution in [2.45, 2.75) is 109 Å². The summed E-state index contributed by atoms with van der Waals surface area (Å²) in [4.78, 5) is 36.9. The summed E-state index contributed by atoms with van der Waals surface area (Å²) >= 11 is 0. The van der Waals surface area contributed by atoms with E-state index in [1.54, 1.807) is 21.1 Å². The molecule has 0 saturated heterocycles. The number of rotatable bonds is 36. The van der Waals surface area contributed by atoms with Crippen molar-refractivity contribution in [3.05, 3.63) is 170 Å². The van der Waals surface area contributed by atoms with Gasteiger partial charge in [0.25, 0.3) is 0 Å². The second-order valence-corrected chi connectivity index (χ2v) is 15.2. The van der Waals surface area contributed by atoms with E-state index < -0.39 is 18.1 Å². The molecular weight excluding hydrogens is 775 g/mol. The summed E-state index contributed by atoms with van der Waals surface area (Å²) < 4.78 is 17.1. The Morgan fingerprint density at radius 2 is 0.855 bits per heavy atom. The second-order valence-electron chi connectivity index (χ2n) is 15.2. The van der Waals surface area contributed by atoms with Crippen molar-refractivity contribution in [1.82, 2.24) is 0 Å². The highest BCUT2D eigenvalue weighted by molar-refractivity contribution is 5.70. The average molecular weight is 852 g/mol. The lowest BCUT2D eigenvalue weighted by Crippen LogP contribution is -2.55. The minimum Gasteiger partial charge on any atom is -0.544 e. The third-order valence-electron chi connectivity index (χ3n) is 8.74. The van der Waals surface area contributed by atoms with Gasteiger partial charge in [-0.1, -0.05) is 197 Å². The van der Waals surface area contributed by atoms with Gasteiger partial charge in [-0.25, -0.2) is 0 Å². The highest BCUT2D eigenvalue weighted by atomic mass is 16.6. The number of nitrogens with zero attached hydrogens (tertiary/aromatic N) is 1. The van der Waals surface area contributed by atoms with Gasteiger partial charge >= 0.3 is 11.9 Å². The molecule has 0 aliphatic heterocycles. The third-order valence-corrected chi connectivity index (χ3v) is 8.74. The minimum atomic E-state index is -1.15. The number of hydrogen-bond donors (Lipinski definition) is 0. The van der Waals surface area contributed by atoms with Crippen molar-refractivity contribution in [1.29, 1.82) is 0 Å². The molecule has 0 aliphatic rings. The maximum atomic E-state index is 12.7. The van der Waals surface area contributed by atoms with Crippen LogP contribution >= 0.6 is 0 Å². The molecule has 0 aromatic carbocycles. The van der Waals surface area contributed by atoms with Crippen LogP contribution in [0.1, 0.15) is 97.3 Å². The van der Waals surface area contributed by atoms with Crippen LogP contribution in [0, 0.1) is 0 Å². The molecule has 8 nitrogen and oxygen atoms in total. The number of hydrogen-bond acceptors (Lipinski definition) is 7. The zero-order valence-corrected chi connectivity index (χ0v) is 38.4. The Kier molecular flexibility index (Phi) is 38.8. The summed E-state index contributed by atoms with van der Waals surface area (Å²) in [6, 6.07) is -0.756. The van der Waals surface area contributed by atoms with E-state index in [0.717, 1.165) is 51.4 Å². The van der Waals surface area contributed by atoms with Crippen LogP contribution < -0.4 is 5.11 Å². The van der Waals surface area contributed by atoms with Gasteiger partial charge in [-0.3, -0.25) is 9.59 Å². The maximum Gasteiger partial charge on any atom is 0.306 e. The van der Waals surface area contributed by atoms with Gasteiger partial charge in [0.2, 0.25) is 0 Å². The lowest BCUT2D eigenvalue weighted by Gasteiger charge is -2.34. The Hall–Kier alpha value is -5.31. The van der Waals surface area contributed by atoms with Crippen molar-refractivity contribution in [2.24, 2.45) is 0 Å². The lowest BCUT2D eigenvalue weighted by atomic mass is 10.1. The molecule has 0 aliphatic carbocycles. The molecule has 62 heavy (non-hydrogen) atoms. The number of carbonyl (C=O) groups excluding carboxylic acids is 3. The fourth-order valence-electron chi connectivity index (χ4n) is 5.33. The van der Waals surface area contributed by atoms with Crippen molar-refractivity contribution in [3.8, 4) is 0 Å². The van der Waals surface area contributed by atoms with Gasteiger partial charge in [0.15, 0.2) is 6.10 Å². The molecule has 0 bridgehead atoms. The highest BCUT2D eigenvalue weighted by Gasteiger charge is 2.25. The molecule has 0 spiro atoms. The number of likely N-dealkylation sites (N-methyl/N-ethyl adjacent to an activating group) is 1. The fourth-order valence-corrected chi connectivity index (χ4v) is 5.33. The van der Waals surface area contributed by atoms with E-state index in [1.807, 2.05) is 146 Å². The van der Waals surface area contributed by atoms with Crippen molar-refractivity contribution in [2.75, 3.05) is 41.0 Å². The van der Waals surface area contributed by atoms with Gasteiger partial charge in [0.05, 0.1) is 40.3 Å². The normalized spacial score (nSPS) is 14.5. The van der Waals surface area contributed by atoms with E-state index in [0.29, 0.717) is 12.8 Å². The molecule has 0 N–H and O–H groups in total. The quantitative estimate of drug-likeness (QED) is 0.0268. The first-order valence-corrected chi connectivity index (χ1v) is 22.4. The standard InChI is InChI=1S/C54H77NO7/c1-6-8-10-12-14-16-18-20-22-24-26-28-30-32-34-36-38-40-42-44-52(56)61-49-50(48-60-47-46-51(54(58)59)55(3,4)5)62-53(57)45-43-41-39-37-35-33-31-29-27-25-23-21-19-17-15-13-11-9-7-2/h8-35,50-51H,6-7,36-49H2,1-5H3/b10-8+,11-9+,14-12+,15-13+,18-16+,19-17+,22-20+,23-21+,26-24+,27-25+,30-28+,31-29+,34-32+,35-33+. The van der Waals surface area contributed by atoms with Crippen molar-refractivity contribution >= 4 is 17.9 Å². The first kappa shape index (κ1) is 56.7. The Bertz CT molecular complexity index is 1600. The van der Waals surface area contributed by atoms with E-state index in [4.69, 9.17) is 14.2 Å². The number of unbranched alkanes of at least 4 members (excludes halogenated alkanes) is 6. The monoisotopic (exact) mass is 852 g/mol. The van der Waals surface area contributed by atoms with E-state index in [9.17, 15) is 19.5 Å². The van der Waals surface area contributed by atoms with Crippen LogP contribution in [0.2, 0.25) is 0 Å². The zero-order chi connectivity index (χ0) is 45.6. The number of carboxylic acid groups (broad SMARTS) is 1. The molecular formula is C54H77NO7. The van der Waals surface area contributed by atoms with Crippen LogP contribution in [0.4, 0.5) is 0 Å². The molecule has 340 valence electrons. The molecule has 0 aromatic rings. The first-order chi connectivity index (χ1) is 30.1. The number of allylic oxidation sites excluding steroid dienone is 28. The SMILES string of the molecule is CC/C=C/C=C/C=C/C=C/C=C/C=C/C=C/CCCCCC(=O)OCC(COCCC(C(=O)[O-])[N+](C)(C)C)OC(=O)CCCCC/C=C/C=C/C=C/C=C/C=C/C=C/C=C/CC.